The van der Waals surface area contributed by atoms with E-state index in [1.54, 1.807) is 23.6 Å². The average Bonchev–Trinajstić information content (AvgIpc) is 3.32. The van der Waals surface area contributed by atoms with E-state index < -0.39 is 6.04 Å². The van der Waals surface area contributed by atoms with E-state index in [1.807, 2.05) is 32.0 Å². The van der Waals surface area contributed by atoms with Gasteiger partial charge >= 0.3 is 5.97 Å². The van der Waals surface area contributed by atoms with Gasteiger partial charge in [-0.3, -0.25) is 0 Å². The van der Waals surface area contributed by atoms with Gasteiger partial charge in [0, 0.05) is 11.4 Å². The maximum Gasteiger partial charge on any atom is 0.338 e. The van der Waals surface area contributed by atoms with E-state index in [9.17, 15) is 4.79 Å². The summed E-state index contributed by atoms with van der Waals surface area (Å²) < 4.78 is 19.1. The van der Waals surface area contributed by atoms with Crippen LogP contribution in [0, 0.1) is 6.92 Å². The third-order valence-electron chi connectivity index (χ3n) is 6.24. The molecule has 1 aromatic heterocycles. The lowest BCUT2D eigenvalue weighted by molar-refractivity contribution is -0.139. The summed E-state index contributed by atoms with van der Waals surface area (Å²) in [4.78, 5) is 17.9. The predicted molar refractivity (Wildman–Crippen MR) is 150 cm³/mol. The molecule has 0 aliphatic carbocycles. The number of carbonyl (C=O) groups is 1. The van der Waals surface area contributed by atoms with Crippen LogP contribution in [0.5, 0.6) is 11.5 Å². The van der Waals surface area contributed by atoms with Crippen LogP contribution >= 0.6 is 11.8 Å². The summed E-state index contributed by atoms with van der Waals surface area (Å²) >= 11 is 1.61. The number of methoxy groups -OCH3 is 1. The highest BCUT2D eigenvalue weighted by Gasteiger charge is 2.35. The molecule has 38 heavy (non-hydrogen) atoms. The zero-order chi connectivity index (χ0) is 27.1. The van der Waals surface area contributed by atoms with Crippen LogP contribution < -0.4 is 14.8 Å². The highest BCUT2D eigenvalue weighted by molar-refractivity contribution is 7.99. The van der Waals surface area contributed by atoms with Gasteiger partial charge < -0.3 is 19.5 Å². The Morgan fingerprint density at radius 3 is 2.58 bits per heavy atom. The van der Waals surface area contributed by atoms with Crippen LogP contribution in [0.1, 0.15) is 62.8 Å². The molecular formula is C29H36N4O4S. The summed E-state index contributed by atoms with van der Waals surface area (Å²) in [6.45, 7) is 8.83. The first-order chi connectivity index (χ1) is 18.4. The Hall–Kier alpha value is -3.46. The van der Waals surface area contributed by atoms with Crippen molar-refractivity contribution < 1.29 is 19.0 Å². The number of aryl methyl sites for hydroxylation is 1. The van der Waals surface area contributed by atoms with Crippen LogP contribution in [0.2, 0.25) is 0 Å². The van der Waals surface area contributed by atoms with E-state index in [0.29, 0.717) is 47.1 Å². The van der Waals surface area contributed by atoms with Crippen molar-refractivity contribution >= 4 is 23.7 Å². The molecule has 1 aliphatic heterocycles. The molecule has 0 saturated heterocycles. The van der Waals surface area contributed by atoms with Crippen molar-refractivity contribution in [3.8, 4) is 11.5 Å². The summed E-state index contributed by atoms with van der Waals surface area (Å²) in [5, 5.41) is 8.71. The van der Waals surface area contributed by atoms with Crippen molar-refractivity contribution in [2.75, 3.05) is 24.8 Å². The van der Waals surface area contributed by atoms with Gasteiger partial charge in [-0.15, -0.1) is 5.10 Å². The maximum atomic E-state index is 13.2. The number of unbranched alkanes of at least 4 members (excludes halogenated alkanes) is 1. The summed E-state index contributed by atoms with van der Waals surface area (Å²) in [6.07, 6.45) is 2.93. The van der Waals surface area contributed by atoms with Gasteiger partial charge in [0.1, 0.15) is 12.6 Å². The number of rotatable bonds is 12. The Morgan fingerprint density at radius 2 is 1.87 bits per heavy atom. The number of aromatic nitrogens is 3. The lowest BCUT2D eigenvalue weighted by atomic mass is 9.95. The van der Waals surface area contributed by atoms with Crippen molar-refractivity contribution in [3.63, 3.8) is 0 Å². The second-order valence-corrected chi connectivity index (χ2v) is 10.3. The normalized spacial score (nSPS) is 14.6. The third-order valence-corrected chi connectivity index (χ3v) is 7.16. The lowest BCUT2D eigenvalue weighted by Crippen LogP contribution is -2.29. The lowest BCUT2D eigenvalue weighted by Gasteiger charge is -2.28. The number of thioether (sulfide) groups is 1. The number of nitrogens with one attached hydrogen (secondary N) is 1. The topological polar surface area (TPSA) is 87.5 Å². The Balaban J connectivity index is 1.68. The molecule has 0 saturated carbocycles. The highest BCUT2D eigenvalue weighted by atomic mass is 32.2. The van der Waals surface area contributed by atoms with E-state index in [4.69, 9.17) is 24.3 Å². The Bertz CT molecular complexity index is 1290. The standard InChI is InChI=1S/C29H36N4O4S/c1-6-8-16-38-29-31-28-30-20(4)25(27(34)36-15-7-2)26(33(28)32-29)22-13-14-23(24(17-22)35-5)37-18-21-11-9-19(3)10-12-21/h9-14,17,26H,6-8,15-16,18H2,1-5H3,(H,30,31,32). The second kappa shape index (κ2) is 12.9. The summed E-state index contributed by atoms with van der Waals surface area (Å²) in [6, 6.07) is 13.4. The van der Waals surface area contributed by atoms with Gasteiger partial charge in [0.2, 0.25) is 11.1 Å². The first-order valence-electron chi connectivity index (χ1n) is 13.1. The number of nitrogens with zero attached hydrogens (tertiary/aromatic N) is 3. The van der Waals surface area contributed by atoms with E-state index in [-0.39, 0.29) is 5.97 Å². The molecule has 2 aromatic carbocycles. The minimum Gasteiger partial charge on any atom is -0.493 e. The number of allylic oxidation sites excluding steroid dienone is 1. The van der Waals surface area contributed by atoms with Gasteiger partial charge in [-0.25, -0.2) is 9.48 Å². The Morgan fingerprint density at radius 1 is 1.08 bits per heavy atom. The Labute approximate surface area is 228 Å². The number of carbonyl (C=O) groups excluding carboxylic acids is 1. The third kappa shape index (κ3) is 6.32. The quantitative estimate of drug-likeness (QED) is 0.164. The van der Waals surface area contributed by atoms with Crippen LogP contribution in [0.4, 0.5) is 5.95 Å². The molecule has 8 nitrogen and oxygen atoms in total. The van der Waals surface area contributed by atoms with Gasteiger partial charge in [-0.05, 0) is 49.9 Å². The number of hydrogen-bond donors (Lipinski definition) is 1. The number of hydrogen-bond acceptors (Lipinski definition) is 8. The van der Waals surface area contributed by atoms with E-state index >= 15 is 0 Å². The molecule has 2 heterocycles. The molecule has 1 N–H and O–H groups in total. The fourth-order valence-corrected chi connectivity index (χ4v) is 5.08. The molecule has 3 aromatic rings. The molecule has 0 spiro atoms. The van der Waals surface area contributed by atoms with Crippen molar-refractivity contribution in [2.45, 2.75) is 64.8 Å². The number of benzene rings is 2. The van der Waals surface area contributed by atoms with Crippen molar-refractivity contribution in [3.05, 3.63) is 70.4 Å². The second-order valence-electron chi connectivity index (χ2n) is 9.25. The minimum absolute atomic E-state index is 0.347. The summed E-state index contributed by atoms with van der Waals surface area (Å²) in [5.74, 6) is 2.35. The molecule has 4 rings (SSSR count). The molecule has 1 atom stereocenters. The van der Waals surface area contributed by atoms with Crippen molar-refractivity contribution in [1.82, 2.24) is 14.8 Å². The SMILES string of the molecule is CCCCSc1nc2n(n1)C(c1ccc(OCc3ccc(C)cc3)c(OC)c1)C(C(=O)OCCC)=C(C)N2. The molecule has 0 radical (unpaired) electrons. The van der Waals surface area contributed by atoms with Crippen LogP contribution in [-0.2, 0) is 16.1 Å². The molecule has 0 bridgehead atoms. The average molecular weight is 537 g/mol. The molecule has 0 amide bonds. The van der Waals surface area contributed by atoms with Crippen LogP contribution in [0.25, 0.3) is 0 Å². The molecule has 202 valence electrons. The van der Waals surface area contributed by atoms with Gasteiger partial charge in [-0.2, -0.15) is 4.98 Å². The molecular weight excluding hydrogens is 500 g/mol. The largest absolute Gasteiger partial charge is 0.493 e. The van der Waals surface area contributed by atoms with Crippen molar-refractivity contribution in [2.24, 2.45) is 0 Å². The van der Waals surface area contributed by atoms with Gasteiger partial charge in [0.25, 0.3) is 0 Å². The minimum atomic E-state index is -0.524. The number of anilines is 1. The smallest absolute Gasteiger partial charge is 0.338 e. The highest BCUT2D eigenvalue weighted by Crippen LogP contribution is 2.40. The van der Waals surface area contributed by atoms with E-state index in [0.717, 1.165) is 36.1 Å². The van der Waals surface area contributed by atoms with Crippen LogP contribution in [-0.4, -0.2) is 40.2 Å². The van der Waals surface area contributed by atoms with Crippen LogP contribution in [0.3, 0.4) is 0 Å². The first kappa shape index (κ1) is 27.6. The molecule has 1 unspecified atom stereocenters. The monoisotopic (exact) mass is 536 g/mol. The van der Waals surface area contributed by atoms with Gasteiger partial charge in [0.05, 0.1) is 19.3 Å². The molecule has 1 aliphatic rings. The van der Waals surface area contributed by atoms with Gasteiger partial charge in [-0.1, -0.05) is 67.9 Å². The zero-order valence-corrected chi connectivity index (χ0v) is 23.6. The van der Waals surface area contributed by atoms with E-state index in [1.165, 1.54) is 5.56 Å². The number of esters is 1. The molecule has 0 fully saturated rings. The van der Waals surface area contributed by atoms with Gasteiger partial charge in [0.15, 0.2) is 11.5 Å². The zero-order valence-electron chi connectivity index (χ0n) is 22.7. The van der Waals surface area contributed by atoms with Crippen molar-refractivity contribution in [1.29, 1.82) is 0 Å². The summed E-state index contributed by atoms with van der Waals surface area (Å²) in [5.41, 5.74) is 4.29. The fraction of sp³-hybridized carbons (Fsp3) is 0.414. The first-order valence-corrected chi connectivity index (χ1v) is 14.0. The summed E-state index contributed by atoms with van der Waals surface area (Å²) in [7, 11) is 1.61. The molecule has 9 heteroatoms. The predicted octanol–water partition coefficient (Wildman–Crippen LogP) is 6.31. The maximum absolute atomic E-state index is 13.2. The van der Waals surface area contributed by atoms with E-state index in [2.05, 4.69) is 43.4 Å². The number of ether oxygens (including phenoxy) is 3. The number of fused-ring (bicyclic) bond motifs is 1. The Kier molecular flexibility index (Phi) is 9.33. The van der Waals surface area contributed by atoms with Crippen LogP contribution in [0.15, 0.2) is 58.9 Å². The fourth-order valence-electron chi connectivity index (χ4n) is 4.16.